The summed E-state index contributed by atoms with van der Waals surface area (Å²) >= 11 is 0. The molecule has 3 fully saturated rings. The van der Waals surface area contributed by atoms with Gasteiger partial charge in [0.2, 0.25) is 0 Å². The summed E-state index contributed by atoms with van der Waals surface area (Å²) in [5, 5.41) is 3.91. The molecule has 0 radical (unpaired) electrons. The molecule has 0 aromatic carbocycles. The van der Waals surface area contributed by atoms with Gasteiger partial charge in [-0.3, -0.25) is 0 Å². The van der Waals surface area contributed by atoms with Crippen LogP contribution in [0.2, 0.25) is 0 Å². The topological polar surface area (TPSA) is 12.0 Å². The van der Waals surface area contributed by atoms with Crippen LogP contribution in [0.25, 0.3) is 0 Å². The van der Waals surface area contributed by atoms with Crippen molar-refractivity contribution < 1.29 is 0 Å². The van der Waals surface area contributed by atoms with Gasteiger partial charge < -0.3 is 5.32 Å². The van der Waals surface area contributed by atoms with Gasteiger partial charge in [-0.2, -0.15) is 0 Å². The Morgan fingerprint density at radius 3 is 2.41 bits per heavy atom. The maximum absolute atomic E-state index is 3.91. The first-order valence-corrected chi connectivity index (χ1v) is 7.98. The second kappa shape index (κ2) is 4.91. The maximum atomic E-state index is 3.91. The van der Waals surface area contributed by atoms with E-state index in [1.54, 1.807) is 6.42 Å². The molecule has 1 N–H and O–H groups in total. The van der Waals surface area contributed by atoms with Crippen molar-refractivity contribution in [2.45, 2.75) is 77.3 Å². The Morgan fingerprint density at radius 1 is 1.06 bits per heavy atom. The number of nitrogens with one attached hydrogen (secondary N) is 1. The molecule has 2 bridgehead atoms. The molecule has 3 saturated carbocycles. The minimum atomic E-state index is 0.745. The molecule has 0 amide bonds. The van der Waals surface area contributed by atoms with E-state index in [2.05, 4.69) is 19.2 Å². The molecule has 0 saturated heterocycles. The van der Waals surface area contributed by atoms with Crippen LogP contribution >= 0.6 is 0 Å². The fourth-order valence-corrected chi connectivity index (χ4v) is 4.78. The van der Waals surface area contributed by atoms with Gasteiger partial charge in [0.1, 0.15) is 0 Å². The van der Waals surface area contributed by atoms with Crippen molar-refractivity contribution in [3.63, 3.8) is 0 Å². The number of hydrogen-bond donors (Lipinski definition) is 1. The van der Waals surface area contributed by atoms with Crippen molar-refractivity contribution in [1.82, 2.24) is 5.32 Å². The Kier molecular flexibility index (Phi) is 3.47. The highest BCUT2D eigenvalue weighted by Crippen LogP contribution is 2.49. The zero-order valence-electron chi connectivity index (χ0n) is 11.6. The van der Waals surface area contributed by atoms with E-state index >= 15 is 0 Å². The second-order valence-electron chi connectivity index (χ2n) is 7.23. The molecule has 1 nitrogen and oxygen atoms in total. The normalized spacial score (nSPS) is 40.2. The smallest absolute Gasteiger partial charge is 0.00722 e. The van der Waals surface area contributed by atoms with Crippen LogP contribution in [-0.4, -0.2) is 12.1 Å². The average Bonchev–Trinajstić information content (AvgIpc) is 2.85. The molecule has 3 aliphatic rings. The van der Waals surface area contributed by atoms with Crippen LogP contribution < -0.4 is 5.32 Å². The van der Waals surface area contributed by atoms with Crippen molar-refractivity contribution in [2.75, 3.05) is 0 Å². The van der Waals surface area contributed by atoms with Crippen molar-refractivity contribution in [1.29, 1.82) is 0 Å². The van der Waals surface area contributed by atoms with E-state index in [1.165, 1.54) is 44.9 Å². The van der Waals surface area contributed by atoms with E-state index in [0.717, 1.165) is 35.8 Å². The van der Waals surface area contributed by atoms with Crippen LogP contribution in [0.1, 0.15) is 65.2 Å². The van der Waals surface area contributed by atoms with Crippen LogP contribution in [-0.2, 0) is 0 Å². The van der Waals surface area contributed by atoms with Crippen molar-refractivity contribution >= 4 is 0 Å². The summed E-state index contributed by atoms with van der Waals surface area (Å²) in [6, 6.07) is 1.51. The fourth-order valence-electron chi connectivity index (χ4n) is 4.78. The fraction of sp³-hybridized carbons (Fsp3) is 1.00. The van der Waals surface area contributed by atoms with Crippen molar-refractivity contribution in [3.05, 3.63) is 0 Å². The van der Waals surface area contributed by atoms with E-state index in [4.69, 9.17) is 0 Å². The summed E-state index contributed by atoms with van der Waals surface area (Å²) in [4.78, 5) is 0. The molecule has 0 aliphatic heterocycles. The number of fused-ring (bicyclic) bond motifs is 2. The van der Waals surface area contributed by atoms with E-state index in [0.29, 0.717) is 0 Å². The summed E-state index contributed by atoms with van der Waals surface area (Å²) in [5.74, 6) is 4.21. The summed E-state index contributed by atoms with van der Waals surface area (Å²) in [6.07, 6.45) is 12.0. The van der Waals surface area contributed by atoms with Gasteiger partial charge in [-0.1, -0.05) is 25.7 Å². The first kappa shape index (κ1) is 12.0. The first-order chi connectivity index (χ1) is 8.22. The van der Waals surface area contributed by atoms with Crippen LogP contribution in [0.5, 0.6) is 0 Å². The largest absolute Gasteiger partial charge is 0.311 e. The molecule has 1 heteroatoms. The SMILES string of the molecule is CC(CC1CCC1)NC(C)C1CC2CCC1C2. The lowest BCUT2D eigenvalue weighted by molar-refractivity contribution is 0.216. The molecule has 5 atom stereocenters. The van der Waals surface area contributed by atoms with Gasteiger partial charge in [0.05, 0.1) is 0 Å². The second-order valence-corrected chi connectivity index (χ2v) is 7.23. The van der Waals surface area contributed by atoms with Gasteiger partial charge in [0, 0.05) is 12.1 Å². The van der Waals surface area contributed by atoms with Gasteiger partial charge in [-0.25, -0.2) is 0 Å². The molecule has 3 rings (SSSR count). The monoisotopic (exact) mass is 235 g/mol. The molecule has 3 aliphatic carbocycles. The number of rotatable bonds is 5. The van der Waals surface area contributed by atoms with E-state index in [9.17, 15) is 0 Å². The Labute approximate surface area is 107 Å². The Hall–Kier alpha value is -0.0400. The predicted octanol–water partition coefficient (Wildman–Crippen LogP) is 3.98. The molecule has 5 unspecified atom stereocenters. The van der Waals surface area contributed by atoms with Crippen LogP contribution in [0.3, 0.4) is 0 Å². The van der Waals surface area contributed by atoms with Gasteiger partial charge in [-0.05, 0) is 63.2 Å². The lowest BCUT2D eigenvalue weighted by Gasteiger charge is -2.34. The zero-order chi connectivity index (χ0) is 11.8. The molecular formula is C16H29N. The lowest BCUT2D eigenvalue weighted by Crippen LogP contribution is -2.42. The molecule has 0 aromatic rings. The summed E-state index contributed by atoms with van der Waals surface area (Å²) in [5.41, 5.74) is 0. The zero-order valence-corrected chi connectivity index (χ0v) is 11.6. The predicted molar refractivity (Wildman–Crippen MR) is 73.0 cm³/mol. The Morgan fingerprint density at radius 2 is 1.88 bits per heavy atom. The molecule has 0 spiro atoms. The Bertz CT molecular complexity index is 258. The third-order valence-electron chi connectivity index (χ3n) is 5.89. The third-order valence-corrected chi connectivity index (χ3v) is 5.89. The first-order valence-electron chi connectivity index (χ1n) is 7.98. The molecule has 17 heavy (non-hydrogen) atoms. The highest BCUT2D eigenvalue weighted by Gasteiger charge is 2.41. The standard InChI is InChI=1S/C16H29N/c1-11(8-13-4-3-5-13)17-12(2)16-10-14-6-7-15(16)9-14/h11-17H,3-10H2,1-2H3. The van der Waals surface area contributed by atoms with Gasteiger partial charge in [-0.15, -0.1) is 0 Å². The third kappa shape index (κ3) is 2.54. The average molecular weight is 235 g/mol. The minimum Gasteiger partial charge on any atom is -0.311 e. The van der Waals surface area contributed by atoms with Crippen LogP contribution in [0.4, 0.5) is 0 Å². The molecule has 0 aromatic heterocycles. The minimum absolute atomic E-state index is 0.745. The van der Waals surface area contributed by atoms with Crippen LogP contribution in [0, 0.1) is 23.7 Å². The molecule has 0 heterocycles. The van der Waals surface area contributed by atoms with E-state index in [1.807, 2.05) is 0 Å². The van der Waals surface area contributed by atoms with Gasteiger partial charge in [0.15, 0.2) is 0 Å². The summed E-state index contributed by atoms with van der Waals surface area (Å²) in [7, 11) is 0. The highest BCUT2D eigenvalue weighted by molar-refractivity contribution is 4.94. The maximum Gasteiger partial charge on any atom is 0.00722 e. The quantitative estimate of drug-likeness (QED) is 0.760. The van der Waals surface area contributed by atoms with E-state index < -0.39 is 0 Å². The highest BCUT2D eigenvalue weighted by atomic mass is 14.9. The number of hydrogen-bond acceptors (Lipinski definition) is 1. The van der Waals surface area contributed by atoms with Gasteiger partial charge in [0.25, 0.3) is 0 Å². The summed E-state index contributed by atoms with van der Waals surface area (Å²) < 4.78 is 0. The molecule has 98 valence electrons. The Balaban J connectivity index is 1.44. The van der Waals surface area contributed by atoms with E-state index in [-0.39, 0.29) is 0 Å². The molecular weight excluding hydrogens is 206 g/mol. The van der Waals surface area contributed by atoms with Crippen molar-refractivity contribution in [2.24, 2.45) is 23.7 Å². The lowest BCUT2D eigenvalue weighted by atomic mass is 9.80. The summed E-state index contributed by atoms with van der Waals surface area (Å²) in [6.45, 7) is 4.85. The van der Waals surface area contributed by atoms with Crippen LogP contribution in [0.15, 0.2) is 0 Å². The van der Waals surface area contributed by atoms with Crippen molar-refractivity contribution in [3.8, 4) is 0 Å². The van der Waals surface area contributed by atoms with Gasteiger partial charge >= 0.3 is 0 Å².